The van der Waals surface area contributed by atoms with Gasteiger partial charge in [0.1, 0.15) is 5.02 Å². The van der Waals surface area contributed by atoms with Crippen molar-refractivity contribution in [2.45, 2.75) is 0 Å². The van der Waals surface area contributed by atoms with E-state index in [0.717, 1.165) is 0 Å². The summed E-state index contributed by atoms with van der Waals surface area (Å²) in [5, 5.41) is 1.23. The molecule has 0 fully saturated rings. The fourth-order valence-electron chi connectivity index (χ4n) is 1.58. The van der Waals surface area contributed by atoms with Crippen LogP contribution in [0.1, 0.15) is 10.4 Å². The summed E-state index contributed by atoms with van der Waals surface area (Å²) in [5.41, 5.74) is 5.91. The van der Waals surface area contributed by atoms with Gasteiger partial charge >= 0.3 is 0 Å². The Morgan fingerprint density at radius 2 is 2.18 bits per heavy atom. The van der Waals surface area contributed by atoms with Crippen LogP contribution in [0.15, 0.2) is 18.3 Å². The number of ether oxygens (including phenoxy) is 1. The molecular weight excluding hydrogens is 263 g/mol. The maximum Gasteiger partial charge on any atom is 0.252 e. The molecule has 0 aliphatic rings. The van der Waals surface area contributed by atoms with Gasteiger partial charge in [0.2, 0.25) is 0 Å². The van der Waals surface area contributed by atoms with Crippen LogP contribution in [-0.4, -0.2) is 18.0 Å². The van der Waals surface area contributed by atoms with Gasteiger partial charge in [0, 0.05) is 11.6 Å². The quantitative estimate of drug-likeness (QED) is 0.913. The van der Waals surface area contributed by atoms with E-state index in [1.165, 1.54) is 19.4 Å². The maximum absolute atomic E-state index is 11.3. The lowest BCUT2D eigenvalue weighted by Gasteiger charge is -2.10. The number of amides is 1. The lowest BCUT2D eigenvalue weighted by molar-refractivity contribution is 0.0997. The van der Waals surface area contributed by atoms with Crippen molar-refractivity contribution < 1.29 is 9.53 Å². The summed E-state index contributed by atoms with van der Waals surface area (Å²) < 4.78 is 5.07. The van der Waals surface area contributed by atoms with Gasteiger partial charge in [-0.15, -0.1) is 0 Å². The molecular formula is C11H8Cl2N2O2. The summed E-state index contributed by atoms with van der Waals surface area (Å²) >= 11 is 12.1. The van der Waals surface area contributed by atoms with Gasteiger partial charge in [-0.05, 0) is 12.1 Å². The minimum absolute atomic E-state index is 0.180. The smallest absolute Gasteiger partial charge is 0.252 e. The molecule has 88 valence electrons. The van der Waals surface area contributed by atoms with Crippen molar-refractivity contribution in [2.75, 3.05) is 7.11 Å². The van der Waals surface area contributed by atoms with Crippen molar-refractivity contribution in [3.05, 3.63) is 33.9 Å². The molecule has 2 rings (SSSR count). The molecule has 6 heteroatoms. The van der Waals surface area contributed by atoms with E-state index in [1.54, 1.807) is 6.07 Å². The van der Waals surface area contributed by atoms with Crippen LogP contribution in [0.5, 0.6) is 5.75 Å². The van der Waals surface area contributed by atoms with Gasteiger partial charge in [0.15, 0.2) is 5.75 Å². The Kier molecular flexibility index (Phi) is 3.09. The maximum atomic E-state index is 11.3. The second kappa shape index (κ2) is 4.39. The SMILES string of the molecule is COc1c(C(N)=O)cc2c(Cl)ccnc2c1Cl. The van der Waals surface area contributed by atoms with E-state index in [0.29, 0.717) is 15.9 Å². The summed E-state index contributed by atoms with van der Waals surface area (Å²) in [7, 11) is 1.41. The number of halogens is 2. The van der Waals surface area contributed by atoms with Crippen LogP contribution in [0.4, 0.5) is 0 Å². The summed E-state index contributed by atoms with van der Waals surface area (Å²) in [5.74, 6) is -0.424. The van der Waals surface area contributed by atoms with Gasteiger partial charge < -0.3 is 10.5 Å². The van der Waals surface area contributed by atoms with Crippen molar-refractivity contribution in [3.63, 3.8) is 0 Å². The van der Waals surface area contributed by atoms with E-state index in [-0.39, 0.29) is 16.3 Å². The Labute approximate surface area is 107 Å². The van der Waals surface area contributed by atoms with E-state index in [1.807, 2.05) is 0 Å². The second-order valence-corrected chi connectivity index (χ2v) is 4.11. The number of aromatic nitrogens is 1. The molecule has 2 N–H and O–H groups in total. The second-order valence-electron chi connectivity index (χ2n) is 3.32. The average molecular weight is 271 g/mol. The predicted molar refractivity (Wildman–Crippen MR) is 66.8 cm³/mol. The van der Waals surface area contributed by atoms with Crippen LogP contribution >= 0.6 is 23.2 Å². The highest BCUT2D eigenvalue weighted by Gasteiger charge is 2.18. The number of nitrogens with two attached hydrogens (primary N) is 1. The largest absolute Gasteiger partial charge is 0.494 e. The topological polar surface area (TPSA) is 65.2 Å². The Bertz CT molecular complexity index is 614. The third-order valence-corrected chi connectivity index (χ3v) is 3.03. The third kappa shape index (κ3) is 1.90. The summed E-state index contributed by atoms with van der Waals surface area (Å²) in [6.45, 7) is 0. The lowest BCUT2D eigenvalue weighted by atomic mass is 10.1. The predicted octanol–water partition coefficient (Wildman–Crippen LogP) is 2.65. The molecule has 0 aliphatic heterocycles. The number of hydrogen-bond donors (Lipinski definition) is 1. The first-order chi connectivity index (χ1) is 8.06. The molecule has 4 nitrogen and oxygen atoms in total. The molecule has 1 amide bonds. The summed E-state index contributed by atoms with van der Waals surface area (Å²) in [6.07, 6.45) is 1.53. The molecule has 0 spiro atoms. The Morgan fingerprint density at radius 1 is 1.47 bits per heavy atom. The molecule has 0 bridgehead atoms. The van der Waals surface area contributed by atoms with Gasteiger partial charge in [-0.25, -0.2) is 0 Å². The molecule has 17 heavy (non-hydrogen) atoms. The number of primary amides is 1. The molecule has 0 saturated heterocycles. The Morgan fingerprint density at radius 3 is 2.76 bits per heavy atom. The van der Waals surface area contributed by atoms with Gasteiger partial charge in [0.05, 0.1) is 23.2 Å². The van der Waals surface area contributed by atoms with Crippen LogP contribution in [0.3, 0.4) is 0 Å². The first-order valence-corrected chi connectivity index (χ1v) is 5.42. The average Bonchev–Trinajstić information content (AvgIpc) is 2.30. The van der Waals surface area contributed by atoms with Gasteiger partial charge in [0.25, 0.3) is 5.91 Å². The zero-order chi connectivity index (χ0) is 12.6. The monoisotopic (exact) mass is 270 g/mol. The molecule has 0 aliphatic carbocycles. The normalized spacial score (nSPS) is 10.5. The number of carbonyl (C=O) groups is 1. The highest BCUT2D eigenvalue weighted by molar-refractivity contribution is 6.40. The minimum Gasteiger partial charge on any atom is -0.494 e. The fourth-order valence-corrected chi connectivity index (χ4v) is 2.11. The number of fused-ring (bicyclic) bond motifs is 1. The number of carbonyl (C=O) groups excluding carboxylic acids is 1. The van der Waals surface area contributed by atoms with Crippen molar-refractivity contribution in [1.29, 1.82) is 0 Å². The molecule has 0 unspecified atom stereocenters. The number of pyridine rings is 1. The third-order valence-electron chi connectivity index (χ3n) is 2.35. The molecule has 1 heterocycles. The van der Waals surface area contributed by atoms with Crippen LogP contribution in [0.25, 0.3) is 10.9 Å². The standard InChI is InChI=1S/C11H8Cl2N2O2/c1-17-10-6(11(14)16)4-5-7(12)2-3-15-9(5)8(10)13/h2-4H,1H3,(H2,14,16). The molecule has 1 aromatic heterocycles. The van der Waals surface area contributed by atoms with Crippen LogP contribution in [-0.2, 0) is 0 Å². The van der Waals surface area contributed by atoms with Crippen LogP contribution in [0.2, 0.25) is 10.0 Å². The highest BCUT2D eigenvalue weighted by Crippen LogP contribution is 2.37. The van der Waals surface area contributed by atoms with Gasteiger partial charge in [-0.3, -0.25) is 9.78 Å². The number of benzene rings is 1. The zero-order valence-corrected chi connectivity index (χ0v) is 10.3. The van der Waals surface area contributed by atoms with Crippen LogP contribution < -0.4 is 10.5 Å². The summed E-state index contributed by atoms with van der Waals surface area (Å²) in [6, 6.07) is 3.13. The van der Waals surface area contributed by atoms with E-state index in [4.69, 9.17) is 33.7 Å². The molecule has 0 saturated carbocycles. The molecule has 0 radical (unpaired) electrons. The van der Waals surface area contributed by atoms with E-state index in [9.17, 15) is 4.79 Å². The van der Waals surface area contributed by atoms with Gasteiger partial charge in [-0.1, -0.05) is 23.2 Å². The van der Waals surface area contributed by atoms with Crippen molar-refractivity contribution >= 4 is 40.0 Å². The van der Waals surface area contributed by atoms with E-state index < -0.39 is 5.91 Å². The molecule has 1 aromatic carbocycles. The van der Waals surface area contributed by atoms with Crippen LogP contribution in [0, 0.1) is 0 Å². The fraction of sp³-hybridized carbons (Fsp3) is 0.0909. The number of hydrogen-bond acceptors (Lipinski definition) is 3. The van der Waals surface area contributed by atoms with Gasteiger partial charge in [-0.2, -0.15) is 0 Å². The number of methoxy groups -OCH3 is 1. The number of rotatable bonds is 2. The zero-order valence-electron chi connectivity index (χ0n) is 8.83. The highest BCUT2D eigenvalue weighted by atomic mass is 35.5. The molecule has 2 aromatic rings. The van der Waals surface area contributed by atoms with Crippen molar-refractivity contribution in [1.82, 2.24) is 4.98 Å². The minimum atomic E-state index is -0.634. The van der Waals surface area contributed by atoms with Crippen molar-refractivity contribution in [2.24, 2.45) is 5.73 Å². The Hall–Kier alpha value is -1.52. The Balaban J connectivity index is 2.93. The van der Waals surface area contributed by atoms with E-state index in [2.05, 4.69) is 4.98 Å². The first kappa shape index (κ1) is 12.0. The number of nitrogens with zero attached hydrogens (tertiary/aromatic N) is 1. The lowest BCUT2D eigenvalue weighted by Crippen LogP contribution is -2.13. The first-order valence-electron chi connectivity index (χ1n) is 4.66. The summed E-state index contributed by atoms with van der Waals surface area (Å²) in [4.78, 5) is 15.4. The van der Waals surface area contributed by atoms with Crippen molar-refractivity contribution in [3.8, 4) is 5.75 Å². The van der Waals surface area contributed by atoms with E-state index >= 15 is 0 Å². The molecule has 0 atom stereocenters.